The van der Waals surface area contributed by atoms with Crippen LogP contribution in [-0.2, 0) is 16.8 Å². The van der Waals surface area contributed by atoms with Gasteiger partial charge in [-0.25, -0.2) is 0 Å². The van der Waals surface area contributed by atoms with Gasteiger partial charge in [0.05, 0.1) is 6.61 Å². The van der Waals surface area contributed by atoms with Gasteiger partial charge in [-0.15, -0.1) is 0 Å². The molecular formula is C20H28N2O2. The standard InChI is InChI=1S/C20H28N2O2/c21-13-15-6-7-18-17(12-15)20(14-24-18)8-10-22(11-9-20)19(23)16-4-2-1-3-5-16/h6-7,12,16H,1-5,8-11,13-14,21H2. The summed E-state index contributed by atoms with van der Waals surface area (Å²) in [5, 5.41) is 0. The Morgan fingerprint density at radius 3 is 2.67 bits per heavy atom. The number of fused-ring (bicyclic) bond motifs is 2. The monoisotopic (exact) mass is 328 g/mol. The first-order valence-electron chi connectivity index (χ1n) is 9.47. The summed E-state index contributed by atoms with van der Waals surface area (Å²) in [5.74, 6) is 1.70. The van der Waals surface area contributed by atoms with Crippen molar-refractivity contribution in [3.05, 3.63) is 29.3 Å². The van der Waals surface area contributed by atoms with Gasteiger partial charge in [0.1, 0.15) is 5.75 Å². The largest absolute Gasteiger partial charge is 0.492 e. The van der Waals surface area contributed by atoms with Crippen molar-refractivity contribution >= 4 is 5.91 Å². The smallest absolute Gasteiger partial charge is 0.225 e. The van der Waals surface area contributed by atoms with Gasteiger partial charge in [0.15, 0.2) is 0 Å². The maximum absolute atomic E-state index is 12.8. The molecule has 4 rings (SSSR count). The Kier molecular flexibility index (Phi) is 4.25. The zero-order chi connectivity index (χ0) is 16.6. The number of hydrogen-bond acceptors (Lipinski definition) is 3. The van der Waals surface area contributed by atoms with E-state index < -0.39 is 0 Å². The van der Waals surface area contributed by atoms with Crippen LogP contribution < -0.4 is 10.5 Å². The maximum atomic E-state index is 12.8. The zero-order valence-electron chi connectivity index (χ0n) is 14.4. The van der Waals surface area contributed by atoms with Gasteiger partial charge in [0.2, 0.25) is 5.91 Å². The van der Waals surface area contributed by atoms with Gasteiger partial charge in [-0.1, -0.05) is 31.4 Å². The van der Waals surface area contributed by atoms with Crippen LogP contribution in [0.25, 0.3) is 0 Å². The zero-order valence-corrected chi connectivity index (χ0v) is 14.4. The molecule has 0 atom stereocenters. The Morgan fingerprint density at radius 2 is 1.96 bits per heavy atom. The van der Waals surface area contributed by atoms with Crippen molar-refractivity contribution in [2.75, 3.05) is 19.7 Å². The van der Waals surface area contributed by atoms with Crippen LogP contribution >= 0.6 is 0 Å². The van der Waals surface area contributed by atoms with Crippen molar-refractivity contribution in [3.8, 4) is 5.75 Å². The molecule has 1 aliphatic carbocycles. The first-order chi connectivity index (χ1) is 11.7. The van der Waals surface area contributed by atoms with E-state index in [1.165, 1.54) is 30.4 Å². The number of hydrogen-bond donors (Lipinski definition) is 1. The van der Waals surface area contributed by atoms with Crippen molar-refractivity contribution in [2.45, 2.75) is 56.9 Å². The molecule has 2 heterocycles. The number of carbonyl (C=O) groups excluding carboxylic acids is 1. The second-order valence-electron chi connectivity index (χ2n) is 7.76. The highest BCUT2D eigenvalue weighted by Crippen LogP contribution is 2.46. The number of rotatable bonds is 2. The number of benzene rings is 1. The fourth-order valence-corrected chi connectivity index (χ4v) is 4.71. The summed E-state index contributed by atoms with van der Waals surface area (Å²) in [6.45, 7) is 3.05. The lowest BCUT2D eigenvalue weighted by Crippen LogP contribution is -2.48. The highest BCUT2D eigenvalue weighted by Gasteiger charge is 2.44. The molecule has 24 heavy (non-hydrogen) atoms. The third-order valence-corrected chi connectivity index (χ3v) is 6.34. The molecule has 2 N–H and O–H groups in total. The minimum absolute atomic E-state index is 0.0872. The molecule has 1 saturated carbocycles. The quantitative estimate of drug-likeness (QED) is 0.908. The Hall–Kier alpha value is -1.55. The third-order valence-electron chi connectivity index (χ3n) is 6.34. The van der Waals surface area contributed by atoms with Crippen LogP contribution in [0.3, 0.4) is 0 Å². The predicted molar refractivity (Wildman–Crippen MR) is 93.9 cm³/mol. The number of nitrogens with two attached hydrogens (primary N) is 1. The summed E-state index contributed by atoms with van der Waals surface area (Å²) in [6.07, 6.45) is 7.93. The minimum Gasteiger partial charge on any atom is -0.492 e. The maximum Gasteiger partial charge on any atom is 0.225 e. The van der Waals surface area contributed by atoms with Crippen LogP contribution in [0, 0.1) is 5.92 Å². The van der Waals surface area contributed by atoms with E-state index in [9.17, 15) is 4.79 Å². The van der Waals surface area contributed by atoms with Crippen molar-refractivity contribution in [3.63, 3.8) is 0 Å². The number of piperidine rings is 1. The second kappa shape index (κ2) is 6.40. The molecule has 2 fully saturated rings. The van der Waals surface area contributed by atoms with Crippen molar-refractivity contribution < 1.29 is 9.53 Å². The summed E-state index contributed by atoms with van der Waals surface area (Å²) in [6, 6.07) is 6.34. The van der Waals surface area contributed by atoms with Crippen LogP contribution in [-0.4, -0.2) is 30.5 Å². The minimum atomic E-state index is 0.0872. The molecule has 1 aromatic carbocycles. The molecule has 3 aliphatic rings. The summed E-state index contributed by atoms with van der Waals surface area (Å²) in [5.41, 5.74) is 8.38. The van der Waals surface area contributed by atoms with Gasteiger partial charge < -0.3 is 15.4 Å². The molecule has 0 radical (unpaired) electrons. The van der Waals surface area contributed by atoms with Gasteiger partial charge in [-0.3, -0.25) is 4.79 Å². The van der Waals surface area contributed by atoms with E-state index in [0.29, 0.717) is 12.5 Å². The Balaban J connectivity index is 1.46. The summed E-state index contributed by atoms with van der Waals surface area (Å²) in [7, 11) is 0. The van der Waals surface area contributed by atoms with E-state index in [4.69, 9.17) is 10.5 Å². The number of nitrogens with zero attached hydrogens (tertiary/aromatic N) is 1. The van der Waals surface area contributed by atoms with Gasteiger partial charge in [-0.05, 0) is 37.3 Å². The summed E-state index contributed by atoms with van der Waals surface area (Å²) in [4.78, 5) is 14.9. The molecule has 1 spiro atoms. The van der Waals surface area contributed by atoms with Crippen LogP contribution in [0.15, 0.2) is 18.2 Å². The number of ether oxygens (including phenoxy) is 1. The number of likely N-dealkylation sites (tertiary alicyclic amines) is 1. The SMILES string of the molecule is NCc1ccc2c(c1)C1(CCN(C(=O)C3CCCCC3)CC1)CO2. The van der Waals surface area contributed by atoms with Crippen LogP contribution in [0.2, 0.25) is 0 Å². The predicted octanol–water partition coefficient (Wildman–Crippen LogP) is 2.98. The lowest BCUT2D eigenvalue weighted by molar-refractivity contribution is -0.138. The summed E-state index contributed by atoms with van der Waals surface area (Å²) >= 11 is 0. The lowest BCUT2D eigenvalue weighted by atomic mass is 9.73. The molecule has 130 valence electrons. The molecule has 1 amide bonds. The lowest BCUT2D eigenvalue weighted by Gasteiger charge is -2.40. The molecule has 0 aromatic heterocycles. The van der Waals surface area contributed by atoms with Crippen LogP contribution in [0.4, 0.5) is 0 Å². The Labute approximate surface area is 144 Å². The average molecular weight is 328 g/mol. The second-order valence-corrected chi connectivity index (χ2v) is 7.76. The normalized spacial score (nSPS) is 23.1. The average Bonchev–Trinajstić information content (AvgIpc) is 3.00. The van der Waals surface area contributed by atoms with E-state index in [-0.39, 0.29) is 11.3 Å². The molecule has 4 nitrogen and oxygen atoms in total. The first-order valence-corrected chi connectivity index (χ1v) is 9.47. The molecule has 1 aromatic rings. The fraction of sp³-hybridized carbons (Fsp3) is 0.650. The molecular weight excluding hydrogens is 300 g/mol. The van der Waals surface area contributed by atoms with Gasteiger partial charge in [0, 0.05) is 36.5 Å². The first kappa shape index (κ1) is 15.9. The highest BCUT2D eigenvalue weighted by molar-refractivity contribution is 5.79. The number of carbonyl (C=O) groups is 1. The van der Waals surface area contributed by atoms with Gasteiger partial charge >= 0.3 is 0 Å². The van der Waals surface area contributed by atoms with E-state index in [1.807, 2.05) is 0 Å². The van der Waals surface area contributed by atoms with E-state index >= 15 is 0 Å². The molecule has 4 heteroatoms. The van der Waals surface area contributed by atoms with Crippen molar-refractivity contribution in [1.29, 1.82) is 0 Å². The Morgan fingerprint density at radius 1 is 1.21 bits per heavy atom. The van der Waals surface area contributed by atoms with E-state index in [1.54, 1.807) is 0 Å². The molecule has 0 bridgehead atoms. The highest BCUT2D eigenvalue weighted by atomic mass is 16.5. The third kappa shape index (κ3) is 2.71. The van der Waals surface area contributed by atoms with Crippen molar-refractivity contribution in [1.82, 2.24) is 4.90 Å². The van der Waals surface area contributed by atoms with Crippen molar-refractivity contribution in [2.24, 2.45) is 11.7 Å². The molecule has 1 saturated heterocycles. The van der Waals surface area contributed by atoms with E-state index in [2.05, 4.69) is 23.1 Å². The van der Waals surface area contributed by atoms with Gasteiger partial charge in [-0.2, -0.15) is 0 Å². The van der Waals surface area contributed by atoms with Gasteiger partial charge in [0.25, 0.3) is 0 Å². The summed E-state index contributed by atoms with van der Waals surface area (Å²) < 4.78 is 5.96. The Bertz CT molecular complexity index is 614. The number of amides is 1. The van der Waals surface area contributed by atoms with E-state index in [0.717, 1.165) is 51.1 Å². The van der Waals surface area contributed by atoms with Crippen LogP contribution in [0.1, 0.15) is 56.1 Å². The molecule has 2 aliphatic heterocycles. The topological polar surface area (TPSA) is 55.6 Å². The van der Waals surface area contributed by atoms with Crippen LogP contribution in [0.5, 0.6) is 5.75 Å². The molecule has 0 unspecified atom stereocenters. The fourth-order valence-electron chi connectivity index (χ4n) is 4.71.